The van der Waals surface area contributed by atoms with E-state index in [0.29, 0.717) is 12.0 Å². The van der Waals surface area contributed by atoms with Gasteiger partial charge in [0.1, 0.15) is 0 Å². The number of halogens is 2. The lowest BCUT2D eigenvalue weighted by atomic mass is 10.0. The smallest absolute Gasteiger partial charge is 0.379 e. The Labute approximate surface area is 104 Å². The Morgan fingerprint density at radius 2 is 2.00 bits per heavy atom. The van der Waals surface area contributed by atoms with E-state index in [1.54, 1.807) is 6.92 Å². The molecule has 1 rings (SSSR count). The number of rotatable bonds is 4. The van der Waals surface area contributed by atoms with Crippen molar-refractivity contribution in [1.82, 2.24) is 0 Å². The molecule has 17 heavy (non-hydrogen) atoms. The minimum absolute atomic E-state index is 0.0629. The van der Waals surface area contributed by atoms with Crippen molar-refractivity contribution in [3.05, 3.63) is 34.1 Å². The third kappa shape index (κ3) is 3.03. The topological polar surface area (TPSA) is 43.4 Å². The number of aryl methyl sites for hydroxylation is 1. The lowest BCUT2D eigenvalue weighted by Gasteiger charge is -2.06. The first-order valence-corrected chi connectivity index (χ1v) is 5.58. The van der Waals surface area contributed by atoms with Gasteiger partial charge in [0.15, 0.2) is 5.82 Å². The van der Waals surface area contributed by atoms with Crippen molar-refractivity contribution in [3.8, 4) is 0 Å². The fourth-order valence-corrected chi connectivity index (χ4v) is 1.56. The van der Waals surface area contributed by atoms with Gasteiger partial charge >= 0.3 is 5.97 Å². The number of hydrogen-bond donors (Lipinski definition) is 0. The minimum atomic E-state index is -1.07. The predicted molar refractivity (Wildman–Crippen MR) is 61.8 cm³/mol. The number of carbonyl (C=O) groups excluding carboxylic acids is 2. The fourth-order valence-electron chi connectivity index (χ4n) is 1.32. The molecule has 1 aromatic rings. The van der Waals surface area contributed by atoms with Gasteiger partial charge in [-0.15, -0.1) is 0 Å². The molecule has 0 heterocycles. The molecule has 0 spiro atoms. The van der Waals surface area contributed by atoms with Crippen molar-refractivity contribution >= 4 is 23.4 Å². The van der Waals surface area contributed by atoms with E-state index in [-0.39, 0.29) is 17.2 Å². The van der Waals surface area contributed by atoms with Crippen molar-refractivity contribution in [3.63, 3.8) is 0 Å². The summed E-state index contributed by atoms with van der Waals surface area (Å²) in [6.45, 7) is 3.46. The summed E-state index contributed by atoms with van der Waals surface area (Å²) in [5, 5.41) is -0.169. The minimum Gasteiger partial charge on any atom is -0.460 e. The summed E-state index contributed by atoms with van der Waals surface area (Å²) < 4.78 is 18.1. The SMILES string of the molecule is CCOC(=O)C(=O)c1cc(CC)cc(Cl)c1F. The fraction of sp³-hybridized carbons (Fsp3) is 0.333. The predicted octanol–water partition coefficient (Wildman–Crippen LogP) is 2.79. The normalized spacial score (nSPS) is 10.1. The van der Waals surface area contributed by atoms with Crippen molar-refractivity contribution in [2.24, 2.45) is 0 Å². The lowest BCUT2D eigenvalue weighted by molar-refractivity contribution is -0.137. The van der Waals surface area contributed by atoms with Gasteiger partial charge in [-0.3, -0.25) is 4.79 Å². The number of hydrogen-bond acceptors (Lipinski definition) is 3. The lowest BCUT2D eigenvalue weighted by Crippen LogP contribution is -2.19. The maximum Gasteiger partial charge on any atom is 0.379 e. The van der Waals surface area contributed by atoms with E-state index >= 15 is 0 Å². The Balaban J connectivity index is 3.16. The highest BCUT2D eigenvalue weighted by Crippen LogP contribution is 2.22. The second-order valence-electron chi connectivity index (χ2n) is 3.34. The molecule has 0 aliphatic rings. The Hall–Kier alpha value is -1.42. The van der Waals surface area contributed by atoms with Crippen LogP contribution in [0.25, 0.3) is 0 Å². The van der Waals surface area contributed by atoms with E-state index in [1.807, 2.05) is 6.92 Å². The summed E-state index contributed by atoms with van der Waals surface area (Å²) in [6.07, 6.45) is 0.586. The molecule has 92 valence electrons. The van der Waals surface area contributed by atoms with Gasteiger partial charge in [0, 0.05) is 0 Å². The van der Waals surface area contributed by atoms with Gasteiger partial charge in [-0.25, -0.2) is 9.18 Å². The first-order valence-electron chi connectivity index (χ1n) is 5.20. The van der Waals surface area contributed by atoms with Crippen LogP contribution < -0.4 is 0 Å². The van der Waals surface area contributed by atoms with E-state index in [4.69, 9.17) is 11.6 Å². The third-order valence-electron chi connectivity index (χ3n) is 2.20. The number of benzene rings is 1. The van der Waals surface area contributed by atoms with Crippen LogP contribution in [-0.4, -0.2) is 18.4 Å². The first kappa shape index (κ1) is 13.6. The van der Waals surface area contributed by atoms with E-state index < -0.39 is 17.6 Å². The maximum atomic E-state index is 13.6. The van der Waals surface area contributed by atoms with Crippen molar-refractivity contribution in [2.75, 3.05) is 6.61 Å². The van der Waals surface area contributed by atoms with Gasteiger partial charge in [-0.1, -0.05) is 18.5 Å². The van der Waals surface area contributed by atoms with Crippen molar-refractivity contribution < 1.29 is 18.7 Å². The van der Waals surface area contributed by atoms with Crippen LogP contribution >= 0.6 is 11.6 Å². The van der Waals surface area contributed by atoms with Crippen LogP contribution in [0.3, 0.4) is 0 Å². The van der Waals surface area contributed by atoms with Crippen LogP contribution in [0.15, 0.2) is 12.1 Å². The molecule has 0 unspecified atom stereocenters. The maximum absolute atomic E-state index is 13.6. The third-order valence-corrected chi connectivity index (χ3v) is 2.48. The summed E-state index contributed by atoms with van der Waals surface area (Å²) in [6, 6.07) is 2.75. The molecule has 3 nitrogen and oxygen atoms in total. The number of ketones is 1. The summed E-state index contributed by atoms with van der Waals surface area (Å²) in [5.74, 6) is -2.97. The average molecular weight is 259 g/mol. The van der Waals surface area contributed by atoms with Crippen molar-refractivity contribution in [2.45, 2.75) is 20.3 Å². The van der Waals surface area contributed by atoms with E-state index in [9.17, 15) is 14.0 Å². The molecule has 0 fully saturated rings. The number of esters is 1. The zero-order chi connectivity index (χ0) is 13.0. The van der Waals surface area contributed by atoms with Gasteiger partial charge in [0.2, 0.25) is 0 Å². The molecule has 0 N–H and O–H groups in total. The second-order valence-corrected chi connectivity index (χ2v) is 3.75. The Morgan fingerprint density at radius 3 is 2.53 bits per heavy atom. The van der Waals surface area contributed by atoms with Gasteiger partial charge in [0.25, 0.3) is 5.78 Å². The first-order chi connectivity index (χ1) is 8.01. The van der Waals surface area contributed by atoms with Crippen LogP contribution in [0.1, 0.15) is 29.8 Å². The standard InChI is InChI=1S/C12H12ClFO3/c1-3-7-5-8(10(14)9(13)6-7)11(15)12(16)17-4-2/h5-6H,3-4H2,1-2H3. The van der Waals surface area contributed by atoms with E-state index in [1.165, 1.54) is 12.1 Å². The van der Waals surface area contributed by atoms with Gasteiger partial charge < -0.3 is 4.74 Å². The summed E-state index contributed by atoms with van der Waals surface area (Å²) in [4.78, 5) is 22.8. The van der Waals surface area contributed by atoms with Gasteiger partial charge in [0.05, 0.1) is 17.2 Å². The Bertz CT molecular complexity index is 457. The number of carbonyl (C=O) groups is 2. The molecule has 0 saturated heterocycles. The Morgan fingerprint density at radius 1 is 1.35 bits per heavy atom. The summed E-state index contributed by atoms with van der Waals surface area (Å²) >= 11 is 5.64. The molecule has 0 saturated carbocycles. The van der Waals surface area contributed by atoms with Crippen LogP contribution in [0.4, 0.5) is 4.39 Å². The zero-order valence-electron chi connectivity index (χ0n) is 9.55. The average Bonchev–Trinajstić information content (AvgIpc) is 2.31. The van der Waals surface area contributed by atoms with Crippen LogP contribution in [0, 0.1) is 5.82 Å². The molecular formula is C12H12ClFO3. The summed E-state index contributed by atoms with van der Waals surface area (Å²) in [5.41, 5.74) is 0.344. The zero-order valence-corrected chi connectivity index (χ0v) is 10.3. The van der Waals surface area contributed by atoms with Crippen LogP contribution in [-0.2, 0) is 16.0 Å². The number of ether oxygens (including phenoxy) is 1. The highest BCUT2D eigenvalue weighted by Gasteiger charge is 2.23. The molecular weight excluding hydrogens is 247 g/mol. The largest absolute Gasteiger partial charge is 0.460 e. The van der Waals surface area contributed by atoms with Crippen LogP contribution in [0.5, 0.6) is 0 Å². The molecule has 0 aliphatic heterocycles. The van der Waals surface area contributed by atoms with E-state index in [0.717, 1.165) is 0 Å². The highest BCUT2D eigenvalue weighted by atomic mass is 35.5. The monoisotopic (exact) mass is 258 g/mol. The van der Waals surface area contributed by atoms with Crippen LogP contribution in [0.2, 0.25) is 5.02 Å². The van der Waals surface area contributed by atoms with Gasteiger partial charge in [-0.2, -0.15) is 0 Å². The molecule has 0 radical (unpaired) electrons. The van der Waals surface area contributed by atoms with E-state index in [2.05, 4.69) is 4.74 Å². The molecule has 5 heteroatoms. The molecule has 0 aliphatic carbocycles. The van der Waals surface area contributed by atoms with Gasteiger partial charge in [-0.05, 0) is 31.0 Å². The molecule has 1 aromatic carbocycles. The molecule has 0 atom stereocenters. The number of Topliss-reactive ketones (excluding diaryl/α,β-unsaturated/α-hetero) is 1. The highest BCUT2D eigenvalue weighted by molar-refractivity contribution is 6.41. The second kappa shape index (κ2) is 5.77. The summed E-state index contributed by atoms with van der Waals surface area (Å²) in [7, 11) is 0. The molecule has 0 bridgehead atoms. The molecule has 0 amide bonds. The quantitative estimate of drug-likeness (QED) is 0.474. The van der Waals surface area contributed by atoms with Crippen molar-refractivity contribution in [1.29, 1.82) is 0 Å². The molecule has 0 aromatic heterocycles. The Kier molecular flexibility index (Phi) is 4.63.